The summed E-state index contributed by atoms with van der Waals surface area (Å²) in [5.74, 6) is 0. The van der Waals surface area contributed by atoms with Gasteiger partial charge in [0.15, 0.2) is 0 Å². The number of hydrogen-bond acceptors (Lipinski definition) is 0. The van der Waals surface area contributed by atoms with E-state index in [1.54, 1.807) is 6.04 Å². The summed E-state index contributed by atoms with van der Waals surface area (Å²) < 4.78 is 0. The van der Waals surface area contributed by atoms with Gasteiger partial charge in [-0.25, -0.2) is 0 Å². The molecule has 0 aliphatic heterocycles. The van der Waals surface area contributed by atoms with Gasteiger partial charge in [0, 0.05) is 8.80 Å². The Morgan fingerprint density at radius 1 is 0.375 bits per heavy atom. The van der Waals surface area contributed by atoms with E-state index in [1.165, 1.54) is 122 Å². The van der Waals surface area contributed by atoms with Crippen molar-refractivity contribution in [1.29, 1.82) is 0 Å². The highest BCUT2D eigenvalue weighted by atomic mass is 28.3. The van der Waals surface area contributed by atoms with Crippen molar-refractivity contribution in [3.63, 3.8) is 0 Å². The molecule has 0 aliphatic rings. The van der Waals surface area contributed by atoms with Crippen LogP contribution in [0.25, 0.3) is 0 Å². The first-order valence-electron chi connectivity index (χ1n) is 11.8. The van der Waals surface area contributed by atoms with Crippen LogP contribution in [-0.2, 0) is 0 Å². The van der Waals surface area contributed by atoms with Gasteiger partial charge in [-0.2, -0.15) is 0 Å². The first kappa shape index (κ1) is 24.2. The Bertz CT molecular complexity index is 212. The maximum atomic E-state index is 2.48. The van der Waals surface area contributed by atoms with Crippen LogP contribution in [0, 0.1) is 0 Å². The molecule has 0 heterocycles. The van der Waals surface area contributed by atoms with E-state index >= 15 is 0 Å². The number of unbranched alkanes of at least 4 members (excludes halogenated alkanes) is 18. The van der Waals surface area contributed by atoms with Crippen molar-refractivity contribution >= 4 is 8.80 Å². The molecule has 0 saturated carbocycles. The van der Waals surface area contributed by atoms with Crippen LogP contribution >= 0.6 is 0 Å². The maximum Gasteiger partial charge on any atom is 0.0305 e. The average molecular weight is 355 g/mol. The molecule has 0 atom stereocenters. The van der Waals surface area contributed by atoms with Crippen molar-refractivity contribution in [3.05, 3.63) is 0 Å². The minimum atomic E-state index is -0.268. The van der Waals surface area contributed by atoms with Crippen molar-refractivity contribution in [3.8, 4) is 0 Å². The van der Waals surface area contributed by atoms with Gasteiger partial charge in [-0.15, -0.1) is 0 Å². The SMILES string of the molecule is CCCCCCCCCCCCCCCCCCCCC[SiH](C)C. The summed E-state index contributed by atoms with van der Waals surface area (Å²) in [6.07, 6.45) is 28.2. The molecule has 0 spiro atoms. The van der Waals surface area contributed by atoms with Gasteiger partial charge in [-0.3, -0.25) is 0 Å². The van der Waals surface area contributed by atoms with Crippen LogP contribution in [-0.4, -0.2) is 8.80 Å². The third-order valence-corrected chi connectivity index (χ3v) is 6.95. The lowest BCUT2D eigenvalue weighted by Gasteiger charge is -2.04. The Morgan fingerprint density at radius 2 is 0.625 bits per heavy atom. The van der Waals surface area contributed by atoms with Gasteiger partial charge < -0.3 is 0 Å². The molecule has 0 aromatic heterocycles. The molecule has 0 saturated heterocycles. The van der Waals surface area contributed by atoms with Gasteiger partial charge >= 0.3 is 0 Å². The van der Waals surface area contributed by atoms with E-state index in [1.807, 2.05) is 0 Å². The predicted molar refractivity (Wildman–Crippen MR) is 117 cm³/mol. The fraction of sp³-hybridized carbons (Fsp3) is 1.00. The highest BCUT2D eigenvalue weighted by molar-refractivity contribution is 6.55. The summed E-state index contributed by atoms with van der Waals surface area (Å²) in [7, 11) is -0.268. The zero-order valence-electron chi connectivity index (χ0n) is 17.7. The predicted octanol–water partition coefficient (Wildman–Crippen LogP) is 8.90. The summed E-state index contributed by atoms with van der Waals surface area (Å²) in [4.78, 5) is 0. The van der Waals surface area contributed by atoms with Crippen LogP contribution in [0.3, 0.4) is 0 Å². The lowest BCUT2D eigenvalue weighted by Crippen LogP contribution is -1.97. The lowest BCUT2D eigenvalue weighted by atomic mass is 10.0. The van der Waals surface area contributed by atoms with E-state index in [9.17, 15) is 0 Å². The van der Waals surface area contributed by atoms with Gasteiger partial charge in [0.05, 0.1) is 0 Å². The molecule has 0 unspecified atom stereocenters. The molecule has 0 nitrogen and oxygen atoms in total. The monoisotopic (exact) mass is 354 g/mol. The first-order valence-corrected chi connectivity index (χ1v) is 14.9. The normalized spacial score (nSPS) is 11.5. The fourth-order valence-electron chi connectivity index (χ4n) is 3.63. The molecule has 0 fully saturated rings. The summed E-state index contributed by atoms with van der Waals surface area (Å²) in [5, 5.41) is 0. The summed E-state index contributed by atoms with van der Waals surface area (Å²) in [6, 6.07) is 1.57. The van der Waals surface area contributed by atoms with E-state index < -0.39 is 0 Å². The molecule has 0 aromatic carbocycles. The van der Waals surface area contributed by atoms with Crippen LogP contribution in [0.1, 0.15) is 129 Å². The molecular formula is C23H50Si. The van der Waals surface area contributed by atoms with Crippen molar-refractivity contribution in [2.24, 2.45) is 0 Å². The third-order valence-electron chi connectivity index (χ3n) is 5.39. The van der Waals surface area contributed by atoms with Crippen molar-refractivity contribution in [1.82, 2.24) is 0 Å². The molecule has 0 aliphatic carbocycles. The molecule has 0 N–H and O–H groups in total. The third kappa shape index (κ3) is 22.2. The van der Waals surface area contributed by atoms with Crippen LogP contribution in [0.2, 0.25) is 19.1 Å². The molecule has 0 radical (unpaired) electrons. The van der Waals surface area contributed by atoms with Crippen LogP contribution in [0.15, 0.2) is 0 Å². The maximum absolute atomic E-state index is 2.48. The molecule has 146 valence electrons. The summed E-state index contributed by atoms with van der Waals surface area (Å²) >= 11 is 0. The van der Waals surface area contributed by atoms with E-state index in [2.05, 4.69) is 20.0 Å². The zero-order valence-corrected chi connectivity index (χ0v) is 18.9. The smallest absolute Gasteiger partial charge is 0.0305 e. The van der Waals surface area contributed by atoms with Gasteiger partial charge in [-0.05, 0) is 0 Å². The standard InChI is InChI=1S/C23H50Si/c1-4-5-6-7-8-9-10-11-12-13-14-15-16-17-18-19-20-21-22-23-24(2)3/h24H,4-23H2,1-3H3. The Balaban J connectivity index is 2.95. The minimum Gasteiger partial charge on any atom is -0.0722 e. The molecule has 0 rings (SSSR count). The molecule has 24 heavy (non-hydrogen) atoms. The van der Waals surface area contributed by atoms with Gasteiger partial charge in [0.2, 0.25) is 0 Å². The Hall–Kier alpha value is 0.217. The number of hydrogen-bond donors (Lipinski definition) is 0. The quantitative estimate of drug-likeness (QED) is 0.151. The van der Waals surface area contributed by atoms with Gasteiger partial charge in [0.1, 0.15) is 0 Å². The summed E-state index contributed by atoms with van der Waals surface area (Å²) in [5.41, 5.74) is 0. The summed E-state index contributed by atoms with van der Waals surface area (Å²) in [6.45, 7) is 7.26. The van der Waals surface area contributed by atoms with Crippen molar-refractivity contribution in [2.45, 2.75) is 148 Å². The van der Waals surface area contributed by atoms with Crippen molar-refractivity contribution in [2.75, 3.05) is 0 Å². The Kier molecular flexibility index (Phi) is 21.5. The van der Waals surface area contributed by atoms with Gasteiger partial charge in [0.25, 0.3) is 0 Å². The average Bonchev–Trinajstić information content (AvgIpc) is 2.56. The highest BCUT2D eigenvalue weighted by Crippen LogP contribution is 2.15. The van der Waals surface area contributed by atoms with Gasteiger partial charge in [-0.1, -0.05) is 148 Å². The molecule has 0 aromatic rings. The molecule has 0 amide bonds. The second-order valence-electron chi connectivity index (χ2n) is 8.55. The van der Waals surface area contributed by atoms with E-state index in [-0.39, 0.29) is 8.80 Å². The first-order chi connectivity index (χ1) is 11.8. The second kappa shape index (κ2) is 21.3. The van der Waals surface area contributed by atoms with E-state index in [0.717, 1.165) is 0 Å². The molecular weight excluding hydrogens is 304 g/mol. The lowest BCUT2D eigenvalue weighted by molar-refractivity contribution is 0.524. The highest BCUT2D eigenvalue weighted by Gasteiger charge is 1.97. The fourth-order valence-corrected chi connectivity index (χ4v) is 4.74. The van der Waals surface area contributed by atoms with Crippen LogP contribution in [0.4, 0.5) is 0 Å². The number of rotatable bonds is 20. The van der Waals surface area contributed by atoms with Crippen LogP contribution < -0.4 is 0 Å². The minimum absolute atomic E-state index is 0.268. The molecule has 0 bridgehead atoms. The van der Waals surface area contributed by atoms with Crippen LogP contribution in [0.5, 0.6) is 0 Å². The Labute approximate surface area is 157 Å². The molecule has 1 heteroatoms. The topological polar surface area (TPSA) is 0 Å². The largest absolute Gasteiger partial charge is 0.0722 e. The second-order valence-corrected chi connectivity index (χ2v) is 11.9. The van der Waals surface area contributed by atoms with E-state index in [0.29, 0.717) is 0 Å². The Morgan fingerprint density at radius 3 is 0.875 bits per heavy atom. The van der Waals surface area contributed by atoms with Crippen molar-refractivity contribution < 1.29 is 0 Å². The van der Waals surface area contributed by atoms with E-state index in [4.69, 9.17) is 0 Å². The zero-order chi connectivity index (χ0) is 17.7.